The fourth-order valence-electron chi connectivity index (χ4n) is 6.25. The summed E-state index contributed by atoms with van der Waals surface area (Å²) in [5, 5.41) is 0. The summed E-state index contributed by atoms with van der Waals surface area (Å²) in [7, 11) is 0. The van der Waals surface area contributed by atoms with Gasteiger partial charge in [0.2, 0.25) is 0 Å². The van der Waals surface area contributed by atoms with Crippen molar-refractivity contribution in [2.45, 2.75) is 0 Å². The van der Waals surface area contributed by atoms with Gasteiger partial charge in [0.15, 0.2) is 17.5 Å². The lowest BCUT2D eigenvalue weighted by Crippen LogP contribution is -2.01. The molecule has 8 heteroatoms. The Balaban J connectivity index is 1.15. The van der Waals surface area contributed by atoms with E-state index in [2.05, 4.69) is 33.2 Å². The second-order valence-corrected chi connectivity index (χ2v) is 12.5. The van der Waals surface area contributed by atoms with Gasteiger partial charge in [-0.25, -0.2) is 24.9 Å². The Labute approximate surface area is 312 Å². The summed E-state index contributed by atoms with van der Waals surface area (Å²) in [5.41, 5.74) is 11.1. The zero-order valence-electron chi connectivity index (χ0n) is 28.9. The first-order chi connectivity index (χ1) is 26.7. The Morgan fingerprint density at radius 1 is 0.222 bits per heavy atom. The number of nitrogens with zero attached hydrogens (tertiary/aromatic N) is 8. The molecule has 0 aliphatic heterocycles. The van der Waals surface area contributed by atoms with Crippen LogP contribution in [0, 0.1) is 0 Å². The predicted octanol–water partition coefficient (Wildman–Crippen LogP) is 10.2. The molecule has 6 aromatic heterocycles. The van der Waals surface area contributed by atoms with E-state index in [0.717, 1.165) is 73.2 Å². The molecule has 3 aromatic carbocycles. The van der Waals surface area contributed by atoms with Gasteiger partial charge in [-0.15, -0.1) is 0 Å². The molecule has 0 aliphatic rings. The van der Waals surface area contributed by atoms with Crippen LogP contribution in [-0.4, -0.2) is 39.9 Å². The van der Waals surface area contributed by atoms with E-state index >= 15 is 0 Å². The maximum atomic E-state index is 5.08. The molecule has 0 atom stereocenters. The monoisotopic (exact) mass is 694 g/mol. The number of hydrogen-bond acceptors (Lipinski definition) is 8. The van der Waals surface area contributed by atoms with Crippen LogP contribution in [0.2, 0.25) is 0 Å². The van der Waals surface area contributed by atoms with Gasteiger partial charge in [0.1, 0.15) is 0 Å². The van der Waals surface area contributed by atoms with Crippen molar-refractivity contribution >= 4 is 0 Å². The van der Waals surface area contributed by atoms with Crippen LogP contribution >= 0.6 is 0 Å². The van der Waals surface area contributed by atoms with Gasteiger partial charge in [0.25, 0.3) is 0 Å². The molecule has 0 saturated heterocycles. The van der Waals surface area contributed by atoms with Crippen molar-refractivity contribution in [3.8, 4) is 90.7 Å². The summed E-state index contributed by atoms with van der Waals surface area (Å²) in [4.78, 5) is 38.7. The van der Waals surface area contributed by atoms with Crippen molar-refractivity contribution in [3.63, 3.8) is 0 Å². The van der Waals surface area contributed by atoms with Crippen molar-refractivity contribution in [3.05, 3.63) is 182 Å². The average Bonchev–Trinajstić information content (AvgIpc) is 3.27. The standard InChI is InChI=1S/C46H30N8/c1-4-25-47-37(18-1)31-12-7-15-34(28-31)44-52-45(35-16-8-13-32(29-35)38-21-10-23-42(50-38)40-19-2-5-26-48-40)54-46(53-44)36-17-9-14-33(30-36)39-22-11-24-43(51-39)41-20-3-6-27-49-41/h1-30H. The van der Waals surface area contributed by atoms with Gasteiger partial charge in [0.05, 0.1) is 39.9 Å². The fraction of sp³-hybridized carbons (Fsp3) is 0. The van der Waals surface area contributed by atoms with Gasteiger partial charge in [0, 0.05) is 52.0 Å². The SMILES string of the molecule is c1ccc(-c2cccc(-c3nc(-c4cccc(-c5cccc(-c6ccccn6)n5)c4)nc(-c4cccc(-c5cccc(-c6ccccn6)n5)c4)n3)c2)nc1. The third kappa shape index (κ3) is 6.87. The Morgan fingerprint density at radius 3 is 0.926 bits per heavy atom. The number of hydrogen-bond donors (Lipinski definition) is 0. The van der Waals surface area contributed by atoms with Gasteiger partial charge in [-0.1, -0.05) is 84.9 Å². The quantitative estimate of drug-likeness (QED) is 0.155. The Kier molecular flexibility index (Phi) is 8.73. The molecule has 0 aliphatic carbocycles. The Morgan fingerprint density at radius 2 is 0.537 bits per heavy atom. The normalized spacial score (nSPS) is 11.0. The predicted molar refractivity (Wildman–Crippen MR) is 212 cm³/mol. The minimum absolute atomic E-state index is 0.543. The summed E-state index contributed by atoms with van der Waals surface area (Å²) in [6.45, 7) is 0. The van der Waals surface area contributed by atoms with E-state index in [4.69, 9.17) is 24.9 Å². The van der Waals surface area contributed by atoms with Crippen molar-refractivity contribution in [2.75, 3.05) is 0 Å². The molecule has 9 rings (SSSR count). The first kappa shape index (κ1) is 32.3. The van der Waals surface area contributed by atoms with Gasteiger partial charge in [-0.05, 0) is 78.9 Å². The van der Waals surface area contributed by atoms with E-state index in [1.54, 1.807) is 18.6 Å². The summed E-state index contributed by atoms with van der Waals surface area (Å²) in [6, 6.07) is 53.9. The first-order valence-corrected chi connectivity index (χ1v) is 17.5. The highest BCUT2D eigenvalue weighted by atomic mass is 15.0. The highest BCUT2D eigenvalue weighted by Crippen LogP contribution is 2.31. The van der Waals surface area contributed by atoms with Crippen molar-refractivity contribution < 1.29 is 0 Å². The summed E-state index contributed by atoms with van der Waals surface area (Å²) in [6.07, 6.45) is 5.35. The second-order valence-electron chi connectivity index (χ2n) is 12.5. The molecule has 9 aromatic rings. The third-order valence-corrected chi connectivity index (χ3v) is 8.90. The van der Waals surface area contributed by atoms with Crippen LogP contribution in [0.15, 0.2) is 182 Å². The minimum Gasteiger partial charge on any atom is -0.256 e. The van der Waals surface area contributed by atoms with Crippen molar-refractivity contribution in [2.24, 2.45) is 0 Å². The molecule has 0 bridgehead atoms. The van der Waals surface area contributed by atoms with Crippen LogP contribution in [0.4, 0.5) is 0 Å². The Hall–Kier alpha value is -7.58. The van der Waals surface area contributed by atoms with E-state index in [1.807, 2.05) is 146 Å². The molecule has 0 amide bonds. The first-order valence-electron chi connectivity index (χ1n) is 17.5. The van der Waals surface area contributed by atoms with E-state index in [1.165, 1.54) is 0 Å². The average molecular weight is 695 g/mol. The molecular formula is C46H30N8. The highest BCUT2D eigenvalue weighted by Gasteiger charge is 2.16. The number of rotatable bonds is 8. The zero-order valence-corrected chi connectivity index (χ0v) is 28.9. The lowest BCUT2D eigenvalue weighted by molar-refractivity contribution is 1.07. The van der Waals surface area contributed by atoms with Crippen LogP contribution in [-0.2, 0) is 0 Å². The molecule has 54 heavy (non-hydrogen) atoms. The van der Waals surface area contributed by atoms with Crippen LogP contribution in [0.5, 0.6) is 0 Å². The van der Waals surface area contributed by atoms with E-state index in [0.29, 0.717) is 17.5 Å². The number of benzene rings is 3. The number of aromatic nitrogens is 8. The molecule has 0 N–H and O–H groups in total. The maximum absolute atomic E-state index is 5.08. The Bertz CT molecular complexity index is 2580. The highest BCUT2D eigenvalue weighted by molar-refractivity contribution is 5.75. The van der Waals surface area contributed by atoms with Crippen molar-refractivity contribution in [1.29, 1.82) is 0 Å². The summed E-state index contributed by atoms with van der Waals surface area (Å²) < 4.78 is 0. The third-order valence-electron chi connectivity index (χ3n) is 8.90. The number of pyridine rings is 5. The molecule has 0 fully saturated rings. The van der Waals surface area contributed by atoms with Crippen molar-refractivity contribution in [1.82, 2.24) is 39.9 Å². The smallest absolute Gasteiger partial charge is 0.164 e. The zero-order chi connectivity index (χ0) is 36.1. The lowest BCUT2D eigenvalue weighted by Gasteiger charge is -2.11. The van der Waals surface area contributed by atoms with E-state index in [9.17, 15) is 0 Å². The maximum Gasteiger partial charge on any atom is 0.164 e. The van der Waals surface area contributed by atoms with E-state index in [-0.39, 0.29) is 0 Å². The molecule has 0 spiro atoms. The molecule has 6 heterocycles. The molecular weight excluding hydrogens is 665 g/mol. The lowest BCUT2D eigenvalue weighted by atomic mass is 10.0. The fourth-order valence-corrected chi connectivity index (χ4v) is 6.25. The summed E-state index contributed by atoms with van der Waals surface area (Å²) in [5.74, 6) is 1.64. The van der Waals surface area contributed by atoms with Crippen LogP contribution in [0.1, 0.15) is 0 Å². The summed E-state index contributed by atoms with van der Waals surface area (Å²) >= 11 is 0. The van der Waals surface area contributed by atoms with Gasteiger partial charge < -0.3 is 0 Å². The van der Waals surface area contributed by atoms with Crippen LogP contribution in [0.3, 0.4) is 0 Å². The molecule has 0 unspecified atom stereocenters. The van der Waals surface area contributed by atoms with E-state index < -0.39 is 0 Å². The topological polar surface area (TPSA) is 103 Å². The molecule has 0 saturated carbocycles. The van der Waals surface area contributed by atoms with Crippen LogP contribution < -0.4 is 0 Å². The van der Waals surface area contributed by atoms with Gasteiger partial charge in [-0.3, -0.25) is 15.0 Å². The van der Waals surface area contributed by atoms with Crippen LogP contribution in [0.25, 0.3) is 90.7 Å². The van der Waals surface area contributed by atoms with Gasteiger partial charge >= 0.3 is 0 Å². The second kappa shape index (κ2) is 14.6. The van der Waals surface area contributed by atoms with Gasteiger partial charge in [-0.2, -0.15) is 0 Å². The molecule has 8 nitrogen and oxygen atoms in total. The molecule has 0 radical (unpaired) electrons. The minimum atomic E-state index is 0.543. The molecule has 254 valence electrons. The largest absolute Gasteiger partial charge is 0.256 e.